The van der Waals surface area contributed by atoms with Crippen LogP contribution in [0.2, 0.25) is 0 Å². The van der Waals surface area contributed by atoms with Gasteiger partial charge in [-0.15, -0.1) is 0 Å². The Kier molecular flexibility index (Phi) is 5.65. The second-order valence-electron chi connectivity index (χ2n) is 7.06. The molecule has 0 aliphatic carbocycles. The van der Waals surface area contributed by atoms with Crippen molar-refractivity contribution in [2.45, 2.75) is 45.8 Å². The Balaban J connectivity index is 2.01. The van der Waals surface area contributed by atoms with Crippen molar-refractivity contribution < 1.29 is 14.3 Å². The highest BCUT2D eigenvalue weighted by Gasteiger charge is 2.22. The van der Waals surface area contributed by atoms with Crippen molar-refractivity contribution in [2.75, 3.05) is 32.1 Å². The lowest BCUT2D eigenvalue weighted by molar-refractivity contribution is -0.0488. The number of para-hydroxylation sites is 1. The molecule has 1 aromatic carbocycles. The van der Waals surface area contributed by atoms with E-state index in [9.17, 15) is 4.79 Å². The molecule has 5 heteroatoms. The van der Waals surface area contributed by atoms with E-state index in [1.165, 1.54) is 0 Å². The topological polar surface area (TPSA) is 50.8 Å². The monoisotopic (exact) mass is 320 g/mol. The molecule has 0 saturated carbocycles. The van der Waals surface area contributed by atoms with Gasteiger partial charge in [0.05, 0.1) is 13.2 Å². The van der Waals surface area contributed by atoms with Gasteiger partial charge < -0.3 is 19.7 Å². The third-order valence-electron chi connectivity index (χ3n) is 4.05. The SMILES string of the molecule is Cc1cccc(C(C)(C)C)c1NC(=O)N(C)CCC1OCCO1. The summed E-state index contributed by atoms with van der Waals surface area (Å²) in [6, 6.07) is 6.01. The third kappa shape index (κ3) is 4.69. The summed E-state index contributed by atoms with van der Waals surface area (Å²) in [7, 11) is 1.79. The van der Waals surface area contributed by atoms with Crippen molar-refractivity contribution in [1.29, 1.82) is 0 Å². The van der Waals surface area contributed by atoms with Gasteiger partial charge in [-0.25, -0.2) is 4.79 Å². The molecule has 0 spiro atoms. The molecule has 1 heterocycles. The maximum absolute atomic E-state index is 12.5. The van der Waals surface area contributed by atoms with Gasteiger partial charge in [-0.2, -0.15) is 0 Å². The molecule has 0 radical (unpaired) electrons. The second kappa shape index (κ2) is 7.32. The number of anilines is 1. The van der Waals surface area contributed by atoms with Gasteiger partial charge in [0.2, 0.25) is 0 Å². The molecule has 1 aliphatic rings. The molecule has 5 nitrogen and oxygen atoms in total. The minimum Gasteiger partial charge on any atom is -0.350 e. The number of ether oxygens (including phenoxy) is 2. The Hall–Kier alpha value is -1.59. The van der Waals surface area contributed by atoms with E-state index in [1.807, 2.05) is 19.1 Å². The van der Waals surface area contributed by atoms with Gasteiger partial charge >= 0.3 is 6.03 Å². The Bertz CT molecular complexity index is 546. The number of hydrogen-bond donors (Lipinski definition) is 1. The number of urea groups is 1. The van der Waals surface area contributed by atoms with Crippen LogP contribution in [0.15, 0.2) is 18.2 Å². The maximum atomic E-state index is 12.5. The van der Waals surface area contributed by atoms with E-state index in [0.717, 1.165) is 16.8 Å². The molecule has 2 amide bonds. The average molecular weight is 320 g/mol. The van der Waals surface area contributed by atoms with Crippen LogP contribution in [0.5, 0.6) is 0 Å². The molecule has 1 fully saturated rings. The highest BCUT2D eigenvalue weighted by Crippen LogP contribution is 2.32. The largest absolute Gasteiger partial charge is 0.350 e. The van der Waals surface area contributed by atoms with Crippen molar-refractivity contribution in [3.05, 3.63) is 29.3 Å². The summed E-state index contributed by atoms with van der Waals surface area (Å²) in [6.45, 7) is 10.3. The third-order valence-corrected chi connectivity index (χ3v) is 4.05. The first-order chi connectivity index (χ1) is 10.8. The molecule has 0 bridgehead atoms. The predicted octanol–water partition coefficient (Wildman–Crippen LogP) is 3.52. The summed E-state index contributed by atoms with van der Waals surface area (Å²) < 4.78 is 10.8. The van der Waals surface area contributed by atoms with E-state index in [-0.39, 0.29) is 17.7 Å². The zero-order valence-electron chi connectivity index (χ0n) is 14.8. The van der Waals surface area contributed by atoms with Gasteiger partial charge in [0.25, 0.3) is 0 Å². The summed E-state index contributed by atoms with van der Waals surface area (Å²) in [5.41, 5.74) is 3.09. The zero-order chi connectivity index (χ0) is 17.0. The van der Waals surface area contributed by atoms with Crippen LogP contribution in [0, 0.1) is 6.92 Å². The van der Waals surface area contributed by atoms with Crippen LogP contribution >= 0.6 is 0 Å². The number of benzene rings is 1. The Morgan fingerprint density at radius 2 is 1.96 bits per heavy atom. The number of carbonyl (C=O) groups is 1. The summed E-state index contributed by atoms with van der Waals surface area (Å²) in [6.07, 6.45) is 0.498. The van der Waals surface area contributed by atoms with Crippen LogP contribution in [0.25, 0.3) is 0 Å². The minimum absolute atomic E-state index is 0.0290. The molecule has 0 atom stereocenters. The first kappa shape index (κ1) is 17.8. The molecule has 0 unspecified atom stereocenters. The van der Waals surface area contributed by atoms with Crippen molar-refractivity contribution >= 4 is 11.7 Å². The molecule has 23 heavy (non-hydrogen) atoms. The first-order valence-corrected chi connectivity index (χ1v) is 8.14. The van der Waals surface area contributed by atoms with Crippen LogP contribution in [0.1, 0.15) is 38.3 Å². The highest BCUT2D eigenvalue weighted by atomic mass is 16.7. The minimum atomic E-state index is -0.186. The number of aryl methyl sites for hydroxylation is 1. The molecule has 1 N–H and O–H groups in total. The predicted molar refractivity (Wildman–Crippen MR) is 91.8 cm³/mol. The van der Waals surface area contributed by atoms with Crippen LogP contribution in [-0.2, 0) is 14.9 Å². The van der Waals surface area contributed by atoms with E-state index in [1.54, 1.807) is 11.9 Å². The molecule has 128 valence electrons. The maximum Gasteiger partial charge on any atom is 0.321 e. The zero-order valence-corrected chi connectivity index (χ0v) is 14.8. The summed E-state index contributed by atoms with van der Waals surface area (Å²) in [5, 5.41) is 3.07. The molecule has 1 saturated heterocycles. The first-order valence-electron chi connectivity index (χ1n) is 8.14. The molecular formula is C18H28N2O3. The fourth-order valence-corrected chi connectivity index (χ4v) is 2.64. The van der Waals surface area contributed by atoms with Gasteiger partial charge in [-0.3, -0.25) is 0 Å². The standard InChI is InChI=1S/C18H28N2O3/c1-13-7-6-8-14(18(2,3)4)16(13)19-17(21)20(5)10-9-15-22-11-12-23-15/h6-8,15H,9-12H2,1-5H3,(H,19,21). The van der Waals surface area contributed by atoms with Crippen LogP contribution in [0.3, 0.4) is 0 Å². The average Bonchev–Trinajstić information content (AvgIpc) is 2.98. The van der Waals surface area contributed by atoms with E-state index in [0.29, 0.717) is 26.2 Å². The van der Waals surface area contributed by atoms with Gasteiger partial charge in [-0.05, 0) is 23.5 Å². The Morgan fingerprint density at radius 1 is 1.30 bits per heavy atom. The summed E-state index contributed by atoms with van der Waals surface area (Å²) in [4.78, 5) is 14.2. The summed E-state index contributed by atoms with van der Waals surface area (Å²) in [5.74, 6) is 0. The van der Waals surface area contributed by atoms with Gasteiger partial charge in [-0.1, -0.05) is 39.0 Å². The molecular weight excluding hydrogens is 292 g/mol. The lowest BCUT2D eigenvalue weighted by Gasteiger charge is -2.26. The normalized spacial score (nSPS) is 15.7. The van der Waals surface area contributed by atoms with E-state index < -0.39 is 0 Å². The fourth-order valence-electron chi connectivity index (χ4n) is 2.64. The Morgan fingerprint density at radius 3 is 2.57 bits per heavy atom. The van der Waals surface area contributed by atoms with E-state index in [4.69, 9.17) is 9.47 Å². The second-order valence-corrected chi connectivity index (χ2v) is 7.06. The van der Waals surface area contributed by atoms with Crippen molar-refractivity contribution in [1.82, 2.24) is 4.90 Å². The molecule has 1 aromatic rings. The van der Waals surface area contributed by atoms with E-state index in [2.05, 4.69) is 32.2 Å². The smallest absolute Gasteiger partial charge is 0.321 e. The van der Waals surface area contributed by atoms with Crippen molar-refractivity contribution in [3.63, 3.8) is 0 Å². The van der Waals surface area contributed by atoms with Crippen LogP contribution in [0.4, 0.5) is 10.5 Å². The van der Waals surface area contributed by atoms with Crippen molar-refractivity contribution in [2.24, 2.45) is 0 Å². The lowest BCUT2D eigenvalue weighted by atomic mass is 9.84. The number of carbonyl (C=O) groups excluding carboxylic acids is 1. The van der Waals surface area contributed by atoms with Gasteiger partial charge in [0, 0.05) is 25.7 Å². The van der Waals surface area contributed by atoms with Gasteiger partial charge in [0.1, 0.15) is 0 Å². The number of nitrogens with one attached hydrogen (secondary N) is 1. The molecule has 0 aromatic heterocycles. The fraction of sp³-hybridized carbons (Fsp3) is 0.611. The summed E-state index contributed by atoms with van der Waals surface area (Å²) >= 11 is 0. The highest BCUT2D eigenvalue weighted by molar-refractivity contribution is 5.91. The molecule has 1 aliphatic heterocycles. The number of nitrogens with zero attached hydrogens (tertiary/aromatic N) is 1. The lowest BCUT2D eigenvalue weighted by Crippen LogP contribution is -2.34. The number of amides is 2. The Labute approximate surface area is 139 Å². The van der Waals surface area contributed by atoms with Crippen LogP contribution in [-0.4, -0.2) is 44.0 Å². The van der Waals surface area contributed by atoms with E-state index >= 15 is 0 Å². The number of hydrogen-bond acceptors (Lipinski definition) is 3. The number of rotatable bonds is 4. The van der Waals surface area contributed by atoms with Gasteiger partial charge in [0.15, 0.2) is 6.29 Å². The van der Waals surface area contributed by atoms with Crippen molar-refractivity contribution in [3.8, 4) is 0 Å². The molecule has 2 rings (SSSR count). The van der Waals surface area contributed by atoms with Crippen LogP contribution < -0.4 is 5.32 Å². The quantitative estimate of drug-likeness (QED) is 0.923.